The highest BCUT2D eigenvalue weighted by molar-refractivity contribution is 9.10. The van der Waals surface area contributed by atoms with Crippen LogP contribution in [0.3, 0.4) is 0 Å². The van der Waals surface area contributed by atoms with Gasteiger partial charge >= 0.3 is 0 Å². The molecule has 17 heavy (non-hydrogen) atoms. The van der Waals surface area contributed by atoms with Gasteiger partial charge < -0.3 is 5.32 Å². The van der Waals surface area contributed by atoms with E-state index in [4.69, 9.17) is 0 Å². The molecule has 1 aromatic carbocycles. The topological polar surface area (TPSA) is 29.9 Å². The van der Waals surface area contributed by atoms with Gasteiger partial charge in [-0.2, -0.15) is 5.10 Å². The summed E-state index contributed by atoms with van der Waals surface area (Å²) in [6.07, 6.45) is 0. The molecule has 1 heterocycles. The molecule has 0 bridgehead atoms. The van der Waals surface area contributed by atoms with E-state index < -0.39 is 0 Å². The molecule has 0 fully saturated rings. The molecule has 0 aliphatic heterocycles. The first-order chi connectivity index (χ1) is 8.06. The Kier molecular flexibility index (Phi) is 3.47. The van der Waals surface area contributed by atoms with Crippen molar-refractivity contribution in [3.8, 4) is 0 Å². The monoisotopic (exact) mass is 297 g/mol. The smallest absolute Gasteiger partial charge is 0.137 e. The molecular weight excluding hydrogens is 285 g/mol. The summed E-state index contributed by atoms with van der Waals surface area (Å²) in [5.74, 6) is -0.257. The lowest BCUT2D eigenvalue weighted by Crippen LogP contribution is -2.05. The van der Waals surface area contributed by atoms with Crippen LogP contribution in [0.1, 0.15) is 11.4 Å². The standard InChI is InChI=1S/C12H13BrFN3/c1-8-5-10(17(2)16-8)7-15-9-3-4-12(14)11(13)6-9/h3-6,15H,7H2,1-2H3. The van der Waals surface area contributed by atoms with Crippen molar-refractivity contribution in [2.75, 3.05) is 5.32 Å². The fourth-order valence-electron chi connectivity index (χ4n) is 1.63. The van der Waals surface area contributed by atoms with Crippen LogP contribution in [0.15, 0.2) is 28.7 Å². The van der Waals surface area contributed by atoms with Crippen molar-refractivity contribution in [3.63, 3.8) is 0 Å². The molecule has 0 aliphatic carbocycles. The molecule has 0 amide bonds. The van der Waals surface area contributed by atoms with Crippen molar-refractivity contribution < 1.29 is 4.39 Å². The Bertz CT molecular complexity index is 537. The van der Waals surface area contributed by atoms with Crippen molar-refractivity contribution in [3.05, 3.63) is 45.9 Å². The maximum absolute atomic E-state index is 13.0. The normalized spacial score (nSPS) is 10.6. The van der Waals surface area contributed by atoms with Crippen LogP contribution < -0.4 is 5.32 Å². The summed E-state index contributed by atoms with van der Waals surface area (Å²) in [6.45, 7) is 2.62. The van der Waals surface area contributed by atoms with E-state index in [-0.39, 0.29) is 5.82 Å². The number of hydrogen-bond donors (Lipinski definition) is 1. The number of nitrogens with one attached hydrogen (secondary N) is 1. The fraction of sp³-hybridized carbons (Fsp3) is 0.250. The highest BCUT2D eigenvalue weighted by Crippen LogP contribution is 2.20. The van der Waals surface area contributed by atoms with E-state index in [1.54, 1.807) is 12.1 Å². The molecule has 0 saturated carbocycles. The van der Waals surface area contributed by atoms with E-state index in [2.05, 4.69) is 26.3 Å². The molecule has 0 unspecified atom stereocenters. The molecule has 3 nitrogen and oxygen atoms in total. The molecule has 0 aliphatic rings. The number of aryl methyl sites for hydroxylation is 2. The van der Waals surface area contributed by atoms with E-state index in [1.807, 2.05) is 24.7 Å². The lowest BCUT2D eigenvalue weighted by atomic mass is 10.3. The van der Waals surface area contributed by atoms with E-state index in [0.29, 0.717) is 11.0 Å². The minimum atomic E-state index is -0.257. The number of aromatic nitrogens is 2. The second kappa shape index (κ2) is 4.87. The Labute approximate surface area is 108 Å². The summed E-state index contributed by atoms with van der Waals surface area (Å²) in [6, 6.07) is 6.88. The van der Waals surface area contributed by atoms with Crippen molar-refractivity contribution in [1.82, 2.24) is 9.78 Å². The lowest BCUT2D eigenvalue weighted by molar-refractivity contribution is 0.621. The van der Waals surface area contributed by atoms with Gasteiger partial charge in [0, 0.05) is 12.7 Å². The minimum Gasteiger partial charge on any atom is -0.379 e. The van der Waals surface area contributed by atoms with Crippen LogP contribution in [0.5, 0.6) is 0 Å². The first kappa shape index (κ1) is 12.1. The Morgan fingerprint density at radius 3 is 2.76 bits per heavy atom. The summed E-state index contributed by atoms with van der Waals surface area (Å²) >= 11 is 3.16. The maximum atomic E-state index is 13.0. The van der Waals surface area contributed by atoms with Gasteiger partial charge in [0.15, 0.2) is 0 Å². The van der Waals surface area contributed by atoms with E-state index in [9.17, 15) is 4.39 Å². The van der Waals surface area contributed by atoms with Crippen molar-refractivity contribution in [2.24, 2.45) is 7.05 Å². The van der Waals surface area contributed by atoms with Gasteiger partial charge in [0.25, 0.3) is 0 Å². The van der Waals surface area contributed by atoms with Gasteiger partial charge in [-0.1, -0.05) is 0 Å². The zero-order valence-corrected chi connectivity index (χ0v) is 11.3. The number of nitrogens with zero attached hydrogens (tertiary/aromatic N) is 2. The number of hydrogen-bond acceptors (Lipinski definition) is 2. The third-order valence-electron chi connectivity index (χ3n) is 2.49. The number of anilines is 1. The molecule has 1 N–H and O–H groups in total. The molecule has 2 rings (SSSR count). The Hall–Kier alpha value is -1.36. The average Bonchev–Trinajstić information content (AvgIpc) is 2.59. The van der Waals surface area contributed by atoms with E-state index in [1.165, 1.54) is 6.07 Å². The second-order valence-corrected chi connectivity index (χ2v) is 4.74. The molecule has 0 atom stereocenters. The number of rotatable bonds is 3. The van der Waals surface area contributed by atoms with Gasteiger partial charge in [0.1, 0.15) is 5.82 Å². The molecule has 0 spiro atoms. The molecule has 0 radical (unpaired) electrons. The third-order valence-corrected chi connectivity index (χ3v) is 3.10. The van der Waals surface area contributed by atoms with Crippen molar-refractivity contribution in [2.45, 2.75) is 13.5 Å². The SMILES string of the molecule is Cc1cc(CNc2ccc(F)c(Br)c2)n(C)n1. The van der Waals surface area contributed by atoms with E-state index >= 15 is 0 Å². The average molecular weight is 298 g/mol. The van der Waals surface area contributed by atoms with Crippen LogP contribution in [0.25, 0.3) is 0 Å². The van der Waals surface area contributed by atoms with Crippen LogP contribution in [-0.4, -0.2) is 9.78 Å². The molecular formula is C12H13BrFN3. The number of halogens is 2. The van der Waals surface area contributed by atoms with Crippen LogP contribution in [0.4, 0.5) is 10.1 Å². The van der Waals surface area contributed by atoms with Gasteiger partial charge in [0.05, 0.1) is 22.4 Å². The van der Waals surface area contributed by atoms with Crippen molar-refractivity contribution >= 4 is 21.6 Å². The van der Waals surface area contributed by atoms with Crippen LogP contribution in [0.2, 0.25) is 0 Å². The number of benzene rings is 1. The Balaban J connectivity index is 2.07. The van der Waals surface area contributed by atoms with Crippen LogP contribution in [0, 0.1) is 12.7 Å². The predicted octanol–water partition coefficient (Wildman–Crippen LogP) is 3.24. The van der Waals surface area contributed by atoms with Gasteiger partial charge in [-0.25, -0.2) is 4.39 Å². The largest absolute Gasteiger partial charge is 0.379 e. The fourth-order valence-corrected chi connectivity index (χ4v) is 2.01. The molecule has 90 valence electrons. The molecule has 1 aromatic heterocycles. The third kappa shape index (κ3) is 2.85. The zero-order valence-electron chi connectivity index (χ0n) is 9.67. The summed E-state index contributed by atoms with van der Waals surface area (Å²) in [7, 11) is 1.91. The minimum absolute atomic E-state index is 0.257. The van der Waals surface area contributed by atoms with Gasteiger partial charge in [-0.3, -0.25) is 4.68 Å². The quantitative estimate of drug-likeness (QED) is 0.942. The van der Waals surface area contributed by atoms with Gasteiger partial charge in [0.2, 0.25) is 0 Å². The van der Waals surface area contributed by atoms with Gasteiger partial charge in [-0.15, -0.1) is 0 Å². The highest BCUT2D eigenvalue weighted by Gasteiger charge is 2.03. The lowest BCUT2D eigenvalue weighted by Gasteiger charge is -2.07. The second-order valence-electron chi connectivity index (χ2n) is 3.88. The van der Waals surface area contributed by atoms with E-state index in [0.717, 1.165) is 17.1 Å². The maximum Gasteiger partial charge on any atom is 0.137 e. The van der Waals surface area contributed by atoms with Crippen molar-refractivity contribution in [1.29, 1.82) is 0 Å². The van der Waals surface area contributed by atoms with Crippen LogP contribution >= 0.6 is 15.9 Å². The Morgan fingerprint density at radius 1 is 1.41 bits per heavy atom. The molecule has 2 aromatic rings. The first-order valence-corrected chi connectivity index (χ1v) is 6.04. The zero-order chi connectivity index (χ0) is 12.4. The highest BCUT2D eigenvalue weighted by atomic mass is 79.9. The summed E-state index contributed by atoms with van der Waals surface area (Å²) in [5.41, 5.74) is 2.95. The van der Waals surface area contributed by atoms with Gasteiger partial charge in [-0.05, 0) is 47.1 Å². The summed E-state index contributed by atoms with van der Waals surface area (Å²) < 4.78 is 15.3. The summed E-state index contributed by atoms with van der Waals surface area (Å²) in [5, 5.41) is 7.49. The Morgan fingerprint density at radius 2 is 2.18 bits per heavy atom. The molecule has 0 saturated heterocycles. The molecule has 5 heteroatoms. The van der Waals surface area contributed by atoms with Crippen LogP contribution in [-0.2, 0) is 13.6 Å². The first-order valence-electron chi connectivity index (χ1n) is 5.24. The predicted molar refractivity (Wildman–Crippen MR) is 69.4 cm³/mol. The summed E-state index contributed by atoms with van der Waals surface area (Å²) in [4.78, 5) is 0.